The first-order chi connectivity index (χ1) is 12.0. The standard InChI is InChI=1S/C18H18Cl2O5/c1-2-23-17(21)8-6-4-3-5-7-11-24-18(22)13-25-16-10-9-14(19)12-15(16)20/h6,8-10,12H,2,5,7,11,13H2,1H3/b8-6+. The summed E-state index contributed by atoms with van der Waals surface area (Å²) in [6.45, 7) is 2.05. The lowest BCUT2D eigenvalue weighted by molar-refractivity contribution is -0.146. The van der Waals surface area contributed by atoms with Crippen molar-refractivity contribution in [1.29, 1.82) is 0 Å². The Hall–Kier alpha value is -2.16. The molecule has 0 spiro atoms. The van der Waals surface area contributed by atoms with Gasteiger partial charge in [0.15, 0.2) is 6.61 Å². The maximum atomic E-state index is 11.6. The van der Waals surface area contributed by atoms with Crippen molar-refractivity contribution >= 4 is 35.1 Å². The fourth-order valence-electron chi connectivity index (χ4n) is 1.55. The SMILES string of the molecule is CCOC(=O)/C=C/C#CCCCOC(=O)COc1ccc(Cl)cc1Cl. The van der Waals surface area contributed by atoms with Crippen LogP contribution in [0.3, 0.4) is 0 Å². The van der Waals surface area contributed by atoms with E-state index in [4.69, 9.17) is 37.4 Å². The molecule has 134 valence electrons. The monoisotopic (exact) mass is 384 g/mol. The molecule has 0 aliphatic heterocycles. The zero-order valence-electron chi connectivity index (χ0n) is 13.7. The zero-order chi connectivity index (χ0) is 18.5. The molecule has 5 nitrogen and oxygen atoms in total. The maximum Gasteiger partial charge on any atom is 0.344 e. The number of esters is 2. The molecular formula is C18H18Cl2O5. The fraction of sp³-hybridized carbons (Fsp3) is 0.333. The van der Waals surface area contributed by atoms with E-state index < -0.39 is 11.9 Å². The predicted octanol–water partition coefficient (Wildman–Crippen LogP) is 3.82. The molecule has 0 saturated heterocycles. The summed E-state index contributed by atoms with van der Waals surface area (Å²) >= 11 is 11.7. The Labute approximate surface area is 156 Å². The van der Waals surface area contributed by atoms with Gasteiger partial charge in [-0.1, -0.05) is 35.0 Å². The van der Waals surface area contributed by atoms with E-state index in [-0.39, 0.29) is 13.2 Å². The predicted molar refractivity (Wildman–Crippen MR) is 95.7 cm³/mol. The van der Waals surface area contributed by atoms with Gasteiger partial charge in [-0.15, -0.1) is 0 Å². The van der Waals surface area contributed by atoms with Gasteiger partial charge in [-0.3, -0.25) is 0 Å². The molecule has 0 radical (unpaired) electrons. The summed E-state index contributed by atoms with van der Waals surface area (Å²) in [6.07, 6.45) is 3.79. The summed E-state index contributed by atoms with van der Waals surface area (Å²) in [5.41, 5.74) is 0. The summed E-state index contributed by atoms with van der Waals surface area (Å²) in [5.74, 6) is 4.97. The number of carbonyl (C=O) groups excluding carboxylic acids is 2. The lowest BCUT2D eigenvalue weighted by Crippen LogP contribution is -2.15. The smallest absolute Gasteiger partial charge is 0.344 e. The molecule has 0 unspecified atom stereocenters. The van der Waals surface area contributed by atoms with Crippen LogP contribution in [0.25, 0.3) is 0 Å². The first-order valence-electron chi connectivity index (χ1n) is 7.58. The van der Waals surface area contributed by atoms with Crippen LogP contribution in [0.1, 0.15) is 19.8 Å². The van der Waals surface area contributed by atoms with Crippen molar-refractivity contribution in [2.75, 3.05) is 19.8 Å². The summed E-state index contributed by atoms with van der Waals surface area (Å²) in [6, 6.07) is 4.72. The molecule has 1 aromatic rings. The molecule has 0 heterocycles. The highest BCUT2D eigenvalue weighted by molar-refractivity contribution is 6.35. The number of unbranched alkanes of at least 4 members (excludes halogenated alkanes) is 1. The summed E-state index contributed by atoms with van der Waals surface area (Å²) in [4.78, 5) is 22.5. The van der Waals surface area contributed by atoms with Crippen molar-refractivity contribution in [2.24, 2.45) is 0 Å². The number of rotatable bonds is 8. The van der Waals surface area contributed by atoms with Crippen LogP contribution >= 0.6 is 23.2 Å². The van der Waals surface area contributed by atoms with E-state index in [9.17, 15) is 9.59 Å². The largest absolute Gasteiger partial charge is 0.480 e. The van der Waals surface area contributed by atoms with Crippen LogP contribution < -0.4 is 4.74 Å². The van der Waals surface area contributed by atoms with E-state index in [1.54, 1.807) is 19.1 Å². The lowest BCUT2D eigenvalue weighted by atomic mass is 10.3. The summed E-state index contributed by atoms with van der Waals surface area (Å²) < 4.78 is 15.0. The molecule has 0 fully saturated rings. The van der Waals surface area contributed by atoms with Gasteiger partial charge in [0, 0.05) is 17.5 Å². The van der Waals surface area contributed by atoms with Crippen molar-refractivity contribution in [3.63, 3.8) is 0 Å². The van der Waals surface area contributed by atoms with Crippen LogP contribution in [0.2, 0.25) is 10.0 Å². The van der Waals surface area contributed by atoms with Crippen LogP contribution in [-0.4, -0.2) is 31.8 Å². The first-order valence-corrected chi connectivity index (χ1v) is 8.33. The molecule has 0 aromatic heterocycles. The maximum absolute atomic E-state index is 11.6. The van der Waals surface area contributed by atoms with Crippen molar-refractivity contribution < 1.29 is 23.8 Å². The second-order valence-corrected chi connectivity index (χ2v) is 5.44. The van der Waals surface area contributed by atoms with Gasteiger partial charge in [0.05, 0.1) is 18.2 Å². The number of hydrogen-bond donors (Lipinski definition) is 0. The van der Waals surface area contributed by atoms with Crippen LogP contribution in [0.4, 0.5) is 0 Å². The highest BCUT2D eigenvalue weighted by Crippen LogP contribution is 2.27. The molecule has 0 aliphatic carbocycles. The second kappa shape index (κ2) is 12.2. The molecule has 0 aliphatic rings. The molecule has 0 amide bonds. The van der Waals surface area contributed by atoms with Crippen LogP contribution in [-0.2, 0) is 19.1 Å². The third-order valence-electron chi connectivity index (χ3n) is 2.64. The Morgan fingerprint density at radius 2 is 2.04 bits per heavy atom. The third-order valence-corrected chi connectivity index (χ3v) is 3.17. The Morgan fingerprint density at radius 3 is 2.76 bits per heavy atom. The van der Waals surface area contributed by atoms with Gasteiger partial charge < -0.3 is 14.2 Å². The average Bonchev–Trinajstić information content (AvgIpc) is 2.56. The highest BCUT2D eigenvalue weighted by Gasteiger charge is 2.07. The van der Waals surface area contributed by atoms with Crippen LogP contribution in [0, 0.1) is 11.8 Å². The van der Waals surface area contributed by atoms with E-state index in [0.717, 1.165) is 0 Å². The second-order valence-electron chi connectivity index (χ2n) is 4.59. The quantitative estimate of drug-likeness (QED) is 0.295. The Kier molecular flexibility index (Phi) is 10.2. The number of ether oxygens (including phenoxy) is 3. The van der Waals surface area contributed by atoms with Gasteiger partial charge in [-0.05, 0) is 37.6 Å². The molecule has 0 saturated carbocycles. The molecule has 1 aromatic carbocycles. The highest BCUT2D eigenvalue weighted by atomic mass is 35.5. The Bertz CT molecular complexity index is 674. The normalized spacial score (nSPS) is 10.0. The lowest BCUT2D eigenvalue weighted by Gasteiger charge is -2.08. The Morgan fingerprint density at radius 1 is 1.24 bits per heavy atom. The molecule has 0 N–H and O–H groups in total. The summed E-state index contributed by atoms with van der Waals surface area (Å²) in [7, 11) is 0. The average molecular weight is 385 g/mol. The fourth-order valence-corrected chi connectivity index (χ4v) is 2.01. The van der Waals surface area contributed by atoms with E-state index in [1.165, 1.54) is 18.2 Å². The summed E-state index contributed by atoms with van der Waals surface area (Å²) in [5, 5.41) is 0.810. The minimum absolute atomic E-state index is 0.229. The van der Waals surface area contributed by atoms with Crippen molar-refractivity contribution in [2.45, 2.75) is 19.8 Å². The van der Waals surface area contributed by atoms with E-state index in [0.29, 0.717) is 35.2 Å². The molecule has 25 heavy (non-hydrogen) atoms. The van der Waals surface area contributed by atoms with Crippen LogP contribution in [0.15, 0.2) is 30.4 Å². The van der Waals surface area contributed by atoms with Gasteiger partial charge >= 0.3 is 11.9 Å². The van der Waals surface area contributed by atoms with E-state index in [1.807, 2.05) is 0 Å². The number of hydrogen-bond acceptors (Lipinski definition) is 5. The van der Waals surface area contributed by atoms with E-state index in [2.05, 4.69) is 11.8 Å². The first kappa shape index (κ1) is 20.9. The van der Waals surface area contributed by atoms with Gasteiger partial charge in [-0.25, -0.2) is 9.59 Å². The minimum atomic E-state index is -0.499. The van der Waals surface area contributed by atoms with Crippen molar-refractivity contribution in [3.8, 4) is 17.6 Å². The van der Waals surface area contributed by atoms with Crippen LogP contribution in [0.5, 0.6) is 5.75 Å². The van der Waals surface area contributed by atoms with Gasteiger partial charge in [0.25, 0.3) is 0 Å². The molecular weight excluding hydrogens is 367 g/mol. The van der Waals surface area contributed by atoms with Gasteiger partial charge in [-0.2, -0.15) is 0 Å². The van der Waals surface area contributed by atoms with E-state index >= 15 is 0 Å². The molecule has 7 heteroatoms. The minimum Gasteiger partial charge on any atom is -0.480 e. The zero-order valence-corrected chi connectivity index (χ0v) is 15.2. The van der Waals surface area contributed by atoms with Gasteiger partial charge in [0.2, 0.25) is 0 Å². The molecule has 0 bridgehead atoms. The van der Waals surface area contributed by atoms with Crippen molar-refractivity contribution in [1.82, 2.24) is 0 Å². The van der Waals surface area contributed by atoms with Crippen molar-refractivity contribution in [3.05, 3.63) is 40.4 Å². The number of benzene rings is 1. The molecule has 1 rings (SSSR count). The third kappa shape index (κ3) is 9.65. The van der Waals surface area contributed by atoms with Gasteiger partial charge in [0.1, 0.15) is 5.75 Å². The Balaban J connectivity index is 2.16. The molecule has 0 atom stereocenters. The number of allylic oxidation sites excluding steroid dienone is 1. The number of carbonyl (C=O) groups is 2. The number of halogens is 2. The topological polar surface area (TPSA) is 61.8 Å².